The highest BCUT2D eigenvalue weighted by atomic mass is 35.5. The molecule has 7 heteroatoms. The summed E-state index contributed by atoms with van der Waals surface area (Å²) in [5.74, 6) is -0.277. The molecule has 0 bridgehead atoms. The number of halogens is 2. The normalized spacial score (nSPS) is 17.6. The number of hydrogen-bond acceptors (Lipinski definition) is 4. The van der Waals surface area contributed by atoms with Crippen LogP contribution in [0.2, 0.25) is 10.0 Å². The van der Waals surface area contributed by atoms with Gasteiger partial charge in [0.05, 0.1) is 9.93 Å². The third-order valence-corrected chi connectivity index (χ3v) is 4.42. The summed E-state index contributed by atoms with van der Waals surface area (Å²) in [5, 5.41) is 10.4. The van der Waals surface area contributed by atoms with Crippen LogP contribution in [0, 0.1) is 0 Å². The topological polar surface area (TPSA) is 40.5 Å². The van der Waals surface area contributed by atoms with Crippen LogP contribution in [-0.2, 0) is 4.79 Å². The average Bonchev–Trinajstić information content (AvgIpc) is 2.60. The summed E-state index contributed by atoms with van der Waals surface area (Å²) in [4.78, 5) is 14.0. The van der Waals surface area contributed by atoms with Crippen molar-refractivity contribution in [2.45, 2.75) is 6.92 Å². The molecule has 0 spiro atoms. The molecule has 1 amide bonds. The molecule has 1 aromatic carbocycles. The van der Waals surface area contributed by atoms with Crippen molar-refractivity contribution >= 4 is 63.5 Å². The van der Waals surface area contributed by atoms with Gasteiger partial charge in [0, 0.05) is 17.1 Å². The minimum absolute atomic E-state index is 0.104. The van der Waals surface area contributed by atoms with Gasteiger partial charge in [0.1, 0.15) is 10.1 Å². The molecule has 0 saturated carbocycles. The number of amides is 1. The Morgan fingerprint density at radius 2 is 2.16 bits per heavy atom. The number of rotatable bonds is 2. The lowest BCUT2D eigenvalue weighted by molar-refractivity contribution is -0.121. The second kappa shape index (κ2) is 5.71. The number of likely N-dealkylation sites (N-methyl/N-ethyl adjacent to an activating group) is 1. The third kappa shape index (κ3) is 2.89. The largest absolute Gasteiger partial charge is 0.506 e. The quantitative estimate of drug-likeness (QED) is 0.657. The van der Waals surface area contributed by atoms with E-state index in [2.05, 4.69) is 0 Å². The summed E-state index contributed by atoms with van der Waals surface area (Å²) in [5.41, 5.74) is 0.397. The van der Waals surface area contributed by atoms with Crippen LogP contribution in [0.25, 0.3) is 6.08 Å². The van der Waals surface area contributed by atoms with Crippen LogP contribution in [0.1, 0.15) is 12.5 Å². The number of aromatic hydroxyl groups is 1. The molecule has 1 aliphatic heterocycles. The number of carbonyl (C=O) groups is 1. The van der Waals surface area contributed by atoms with Crippen LogP contribution < -0.4 is 0 Å². The lowest BCUT2D eigenvalue weighted by Crippen LogP contribution is -2.27. The van der Waals surface area contributed by atoms with Gasteiger partial charge in [0.25, 0.3) is 5.91 Å². The van der Waals surface area contributed by atoms with Crippen molar-refractivity contribution in [1.29, 1.82) is 0 Å². The number of carbonyl (C=O) groups excluding carboxylic acids is 1. The van der Waals surface area contributed by atoms with Crippen molar-refractivity contribution in [3.8, 4) is 5.75 Å². The zero-order valence-electron chi connectivity index (χ0n) is 9.81. The Bertz CT molecular complexity index is 602. The molecule has 0 aromatic heterocycles. The van der Waals surface area contributed by atoms with Gasteiger partial charge in [-0.1, -0.05) is 47.2 Å². The summed E-state index contributed by atoms with van der Waals surface area (Å²) < 4.78 is 0.506. The summed E-state index contributed by atoms with van der Waals surface area (Å²) in [6, 6.07) is 2.98. The molecule has 1 aliphatic rings. The van der Waals surface area contributed by atoms with E-state index >= 15 is 0 Å². The number of phenolic OH excluding ortho intramolecular Hbond substituents is 1. The lowest BCUT2D eigenvalue weighted by atomic mass is 10.2. The fraction of sp³-hybridized carbons (Fsp3) is 0.167. The van der Waals surface area contributed by atoms with E-state index in [1.807, 2.05) is 6.92 Å². The maximum Gasteiger partial charge on any atom is 0.266 e. The van der Waals surface area contributed by atoms with Crippen LogP contribution >= 0.6 is 47.2 Å². The van der Waals surface area contributed by atoms with Gasteiger partial charge in [-0.2, -0.15) is 0 Å². The number of hydrogen-bond donors (Lipinski definition) is 1. The molecule has 0 aliphatic carbocycles. The van der Waals surface area contributed by atoms with Crippen molar-refractivity contribution < 1.29 is 9.90 Å². The first-order valence-electron chi connectivity index (χ1n) is 5.37. The Kier molecular flexibility index (Phi) is 4.40. The van der Waals surface area contributed by atoms with Gasteiger partial charge in [-0.25, -0.2) is 0 Å². The minimum atomic E-state index is -0.173. The van der Waals surface area contributed by atoms with E-state index in [1.54, 1.807) is 12.1 Å². The third-order valence-electron chi connectivity index (χ3n) is 2.53. The molecular formula is C12H9Cl2NO2S2. The van der Waals surface area contributed by atoms with Gasteiger partial charge in [0.15, 0.2) is 0 Å². The molecule has 2 rings (SSSR count). The fourth-order valence-corrected chi connectivity index (χ4v) is 3.49. The predicted molar refractivity (Wildman–Crippen MR) is 83.7 cm³/mol. The Morgan fingerprint density at radius 1 is 1.47 bits per heavy atom. The van der Waals surface area contributed by atoms with E-state index in [0.717, 1.165) is 0 Å². The van der Waals surface area contributed by atoms with Crippen molar-refractivity contribution in [2.75, 3.05) is 6.54 Å². The summed E-state index contributed by atoms with van der Waals surface area (Å²) in [6.45, 7) is 2.37. The number of phenols is 1. The monoisotopic (exact) mass is 333 g/mol. The maximum absolute atomic E-state index is 12.0. The Morgan fingerprint density at radius 3 is 2.74 bits per heavy atom. The summed E-state index contributed by atoms with van der Waals surface area (Å²) >= 11 is 18.0. The van der Waals surface area contributed by atoms with Crippen LogP contribution in [0.5, 0.6) is 5.75 Å². The first-order chi connectivity index (χ1) is 8.93. The van der Waals surface area contributed by atoms with Crippen molar-refractivity contribution in [3.05, 3.63) is 32.6 Å². The van der Waals surface area contributed by atoms with E-state index < -0.39 is 0 Å². The molecule has 3 nitrogen and oxygen atoms in total. The van der Waals surface area contributed by atoms with Crippen LogP contribution in [0.15, 0.2) is 17.0 Å². The van der Waals surface area contributed by atoms with Gasteiger partial charge in [-0.3, -0.25) is 9.69 Å². The Labute approximate surface area is 130 Å². The molecule has 19 heavy (non-hydrogen) atoms. The van der Waals surface area contributed by atoms with E-state index in [-0.39, 0.29) is 16.7 Å². The highest BCUT2D eigenvalue weighted by Gasteiger charge is 2.30. The number of nitrogens with zero attached hydrogens (tertiary/aromatic N) is 1. The Hall–Kier alpha value is -0.750. The fourth-order valence-electron chi connectivity index (χ4n) is 1.61. The van der Waals surface area contributed by atoms with E-state index in [4.69, 9.17) is 35.4 Å². The maximum atomic E-state index is 12.0. The standard InChI is InChI=1S/C12H9Cl2NO2S2/c1-2-15-11(17)9(19-12(15)18)4-6-3-7(13)5-8(14)10(6)16/h3-5,16H,2H2,1H3. The first kappa shape index (κ1) is 14.7. The highest BCUT2D eigenvalue weighted by molar-refractivity contribution is 8.26. The summed E-state index contributed by atoms with van der Waals surface area (Å²) in [6.07, 6.45) is 1.54. The molecule has 1 fully saturated rings. The van der Waals surface area contributed by atoms with E-state index in [1.165, 1.54) is 22.7 Å². The van der Waals surface area contributed by atoms with Crippen molar-refractivity contribution in [2.24, 2.45) is 0 Å². The molecule has 1 saturated heterocycles. The molecule has 1 aromatic rings. The van der Waals surface area contributed by atoms with Gasteiger partial charge >= 0.3 is 0 Å². The van der Waals surface area contributed by atoms with Crippen LogP contribution in [0.3, 0.4) is 0 Å². The number of thiocarbonyl (C=S) groups is 1. The zero-order chi connectivity index (χ0) is 14.2. The first-order valence-corrected chi connectivity index (χ1v) is 7.35. The molecule has 1 heterocycles. The molecule has 0 atom stereocenters. The van der Waals surface area contributed by atoms with Gasteiger partial charge in [-0.15, -0.1) is 0 Å². The highest BCUT2D eigenvalue weighted by Crippen LogP contribution is 2.37. The van der Waals surface area contributed by atoms with Gasteiger partial charge in [-0.05, 0) is 25.1 Å². The molecule has 0 unspecified atom stereocenters. The van der Waals surface area contributed by atoms with Crippen LogP contribution in [0.4, 0.5) is 0 Å². The zero-order valence-corrected chi connectivity index (χ0v) is 13.0. The number of benzene rings is 1. The molecule has 100 valence electrons. The average molecular weight is 334 g/mol. The van der Waals surface area contributed by atoms with Crippen molar-refractivity contribution in [3.63, 3.8) is 0 Å². The van der Waals surface area contributed by atoms with Gasteiger partial charge < -0.3 is 5.11 Å². The molecule has 1 N–H and O–H groups in total. The molecule has 0 radical (unpaired) electrons. The number of thioether (sulfide) groups is 1. The predicted octanol–water partition coefficient (Wildman–Crippen LogP) is 3.92. The van der Waals surface area contributed by atoms with Crippen LogP contribution in [-0.4, -0.2) is 26.8 Å². The lowest BCUT2D eigenvalue weighted by Gasteiger charge is -2.09. The second-order valence-corrected chi connectivity index (χ2v) is 6.27. The van der Waals surface area contributed by atoms with Crippen molar-refractivity contribution in [1.82, 2.24) is 4.90 Å². The SMILES string of the molecule is CCN1C(=O)C(=Cc2cc(Cl)cc(Cl)c2O)SC1=S. The van der Waals surface area contributed by atoms with E-state index in [9.17, 15) is 9.90 Å². The second-order valence-electron chi connectivity index (χ2n) is 3.75. The smallest absolute Gasteiger partial charge is 0.266 e. The molecular weight excluding hydrogens is 325 g/mol. The van der Waals surface area contributed by atoms with Gasteiger partial charge in [0.2, 0.25) is 0 Å². The minimum Gasteiger partial charge on any atom is -0.506 e. The van der Waals surface area contributed by atoms with E-state index in [0.29, 0.717) is 26.4 Å². The summed E-state index contributed by atoms with van der Waals surface area (Å²) in [7, 11) is 0. The Balaban J connectivity index is 2.43.